The van der Waals surface area contributed by atoms with Crippen LogP contribution in [0.4, 0.5) is 5.69 Å². The van der Waals surface area contributed by atoms with Gasteiger partial charge in [0.25, 0.3) is 0 Å². The standard InChI is InChI=1S/C14H18N2O2/c1-10(2)16(7-6-14(17)18)13-8-11(3)4-5-12(13)9-15/h4-5,8,10H,6-7H2,1-3H3,(H,17,18). The number of carboxylic acids is 1. The molecule has 18 heavy (non-hydrogen) atoms. The van der Waals surface area contributed by atoms with E-state index < -0.39 is 5.97 Å². The van der Waals surface area contributed by atoms with Gasteiger partial charge in [-0.25, -0.2) is 0 Å². The molecule has 1 N–H and O–H groups in total. The molecule has 96 valence electrons. The van der Waals surface area contributed by atoms with Crippen molar-refractivity contribution in [1.82, 2.24) is 0 Å². The van der Waals surface area contributed by atoms with Crippen LogP contribution in [0.25, 0.3) is 0 Å². The molecule has 0 saturated heterocycles. The van der Waals surface area contributed by atoms with Gasteiger partial charge in [0.05, 0.1) is 17.7 Å². The summed E-state index contributed by atoms with van der Waals surface area (Å²) < 4.78 is 0. The first-order chi connectivity index (χ1) is 8.45. The van der Waals surface area contributed by atoms with Gasteiger partial charge in [-0.15, -0.1) is 0 Å². The van der Waals surface area contributed by atoms with Crippen LogP contribution in [0.1, 0.15) is 31.4 Å². The van der Waals surface area contributed by atoms with Crippen molar-refractivity contribution in [3.63, 3.8) is 0 Å². The summed E-state index contributed by atoms with van der Waals surface area (Å²) in [6.07, 6.45) is 0.0665. The Morgan fingerprint density at radius 3 is 2.67 bits per heavy atom. The second-order valence-electron chi connectivity index (χ2n) is 4.56. The number of rotatable bonds is 5. The molecule has 0 unspecified atom stereocenters. The van der Waals surface area contributed by atoms with Crippen molar-refractivity contribution >= 4 is 11.7 Å². The molecule has 4 nitrogen and oxygen atoms in total. The average Bonchev–Trinajstić information content (AvgIpc) is 2.28. The van der Waals surface area contributed by atoms with Crippen LogP contribution in [0.2, 0.25) is 0 Å². The van der Waals surface area contributed by atoms with Gasteiger partial charge in [-0.05, 0) is 38.5 Å². The first kappa shape index (κ1) is 14.0. The van der Waals surface area contributed by atoms with Crippen LogP contribution < -0.4 is 4.90 Å². The van der Waals surface area contributed by atoms with Gasteiger partial charge in [0.2, 0.25) is 0 Å². The predicted octanol–water partition coefficient (Wildman–Crippen LogP) is 2.56. The van der Waals surface area contributed by atoms with E-state index in [0.717, 1.165) is 11.3 Å². The van der Waals surface area contributed by atoms with Crippen LogP contribution in [-0.4, -0.2) is 23.7 Å². The van der Waals surface area contributed by atoms with E-state index in [2.05, 4.69) is 6.07 Å². The summed E-state index contributed by atoms with van der Waals surface area (Å²) in [5, 5.41) is 17.9. The second kappa shape index (κ2) is 6.06. The number of hydrogen-bond donors (Lipinski definition) is 1. The number of carbonyl (C=O) groups is 1. The lowest BCUT2D eigenvalue weighted by atomic mass is 10.1. The van der Waals surface area contributed by atoms with E-state index in [-0.39, 0.29) is 12.5 Å². The summed E-state index contributed by atoms with van der Waals surface area (Å²) in [5.41, 5.74) is 2.46. The highest BCUT2D eigenvalue weighted by atomic mass is 16.4. The smallest absolute Gasteiger partial charge is 0.305 e. The summed E-state index contributed by atoms with van der Waals surface area (Å²) in [7, 11) is 0. The lowest BCUT2D eigenvalue weighted by Gasteiger charge is -2.29. The second-order valence-corrected chi connectivity index (χ2v) is 4.56. The van der Waals surface area contributed by atoms with Crippen molar-refractivity contribution in [2.24, 2.45) is 0 Å². The first-order valence-electron chi connectivity index (χ1n) is 5.95. The molecular formula is C14H18N2O2. The maximum Gasteiger partial charge on any atom is 0.305 e. The number of aliphatic carboxylic acids is 1. The largest absolute Gasteiger partial charge is 0.481 e. The lowest BCUT2D eigenvalue weighted by molar-refractivity contribution is -0.136. The van der Waals surface area contributed by atoms with Crippen molar-refractivity contribution in [3.05, 3.63) is 29.3 Å². The zero-order valence-electron chi connectivity index (χ0n) is 11.0. The molecule has 0 fully saturated rings. The SMILES string of the molecule is Cc1ccc(C#N)c(N(CCC(=O)O)C(C)C)c1. The minimum Gasteiger partial charge on any atom is -0.481 e. The minimum atomic E-state index is -0.827. The number of carboxylic acid groups (broad SMARTS) is 1. The van der Waals surface area contributed by atoms with Crippen LogP contribution in [0, 0.1) is 18.3 Å². The number of benzene rings is 1. The zero-order valence-corrected chi connectivity index (χ0v) is 11.0. The fourth-order valence-electron chi connectivity index (χ4n) is 1.85. The maximum absolute atomic E-state index is 10.7. The number of hydrogen-bond acceptors (Lipinski definition) is 3. The van der Waals surface area contributed by atoms with Gasteiger partial charge in [-0.3, -0.25) is 4.79 Å². The van der Waals surface area contributed by atoms with E-state index in [4.69, 9.17) is 10.4 Å². The Kier molecular flexibility index (Phi) is 4.73. The van der Waals surface area contributed by atoms with Gasteiger partial charge in [0.15, 0.2) is 0 Å². The topological polar surface area (TPSA) is 64.3 Å². The predicted molar refractivity (Wildman–Crippen MR) is 70.6 cm³/mol. The van der Waals surface area contributed by atoms with Crippen LogP contribution in [0.5, 0.6) is 0 Å². The third-order valence-corrected chi connectivity index (χ3v) is 2.77. The molecule has 0 aliphatic heterocycles. The number of nitriles is 1. The van der Waals surface area contributed by atoms with Crippen LogP contribution in [0.3, 0.4) is 0 Å². The molecule has 1 rings (SSSR count). The van der Waals surface area contributed by atoms with Crippen LogP contribution in [0.15, 0.2) is 18.2 Å². The molecule has 0 amide bonds. The Bertz CT molecular complexity index is 475. The molecule has 0 heterocycles. The minimum absolute atomic E-state index is 0.0665. The molecule has 0 radical (unpaired) electrons. The third kappa shape index (κ3) is 3.49. The van der Waals surface area contributed by atoms with Gasteiger partial charge >= 0.3 is 5.97 Å². The molecule has 0 aliphatic carbocycles. The van der Waals surface area contributed by atoms with E-state index in [0.29, 0.717) is 12.1 Å². The van der Waals surface area contributed by atoms with E-state index in [1.165, 1.54) is 0 Å². The first-order valence-corrected chi connectivity index (χ1v) is 5.95. The molecule has 0 bridgehead atoms. The fraction of sp³-hybridized carbons (Fsp3) is 0.429. The highest BCUT2D eigenvalue weighted by Crippen LogP contribution is 2.23. The highest BCUT2D eigenvalue weighted by molar-refractivity contribution is 5.68. The Hall–Kier alpha value is -2.02. The van der Waals surface area contributed by atoms with Crippen molar-refractivity contribution in [2.75, 3.05) is 11.4 Å². The van der Waals surface area contributed by atoms with Crippen molar-refractivity contribution in [2.45, 2.75) is 33.2 Å². The van der Waals surface area contributed by atoms with E-state index in [1.807, 2.05) is 37.8 Å². The van der Waals surface area contributed by atoms with Crippen LogP contribution in [-0.2, 0) is 4.79 Å². The summed E-state index contributed by atoms with van der Waals surface area (Å²) >= 11 is 0. The summed E-state index contributed by atoms with van der Waals surface area (Å²) in [5.74, 6) is -0.827. The Morgan fingerprint density at radius 2 is 2.17 bits per heavy atom. The quantitative estimate of drug-likeness (QED) is 0.867. The molecule has 0 saturated carbocycles. The lowest BCUT2D eigenvalue weighted by Crippen LogP contribution is -2.33. The van der Waals surface area contributed by atoms with Crippen LogP contribution >= 0.6 is 0 Å². The van der Waals surface area contributed by atoms with Crippen molar-refractivity contribution < 1.29 is 9.90 Å². The van der Waals surface area contributed by atoms with E-state index in [9.17, 15) is 4.79 Å². The average molecular weight is 246 g/mol. The molecule has 1 aromatic rings. The summed E-state index contributed by atoms with van der Waals surface area (Å²) in [6.45, 7) is 6.35. The van der Waals surface area contributed by atoms with Gasteiger partial charge in [-0.2, -0.15) is 5.26 Å². The van der Waals surface area contributed by atoms with Gasteiger partial charge in [0, 0.05) is 12.6 Å². The number of nitrogens with zero attached hydrogens (tertiary/aromatic N) is 2. The zero-order chi connectivity index (χ0) is 13.7. The van der Waals surface area contributed by atoms with Gasteiger partial charge in [0.1, 0.15) is 6.07 Å². The molecule has 0 aliphatic rings. The maximum atomic E-state index is 10.7. The Morgan fingerprint density at radius 1 is 1.50 bits per heavy atom. The molecule has 1 aromatic carbocycles. The number of aryl methyl sites for hydroxylation is 1. The Balaban J connectivity index is 3.09. The Labute approximate surface area is 107 Å². The van der Waals surface area contributed by atoms with Crippen molar-refractivity contribution in [3.8, 4) is 6.07 Å². The monoisotopic (exact) mass is 246 g/mol. The summed E-state index contributed by atoms with van der Waals surface area (Å²) in [4.78, 5) is 12.6. The van der Waals surface area contributed by atoms with Crippen molar-refractivity contribution in [1.29, 1.82) is 5.26 Å². The molecule has 0 spiro atoms. The van der Waals surface area contributed by atoms with E-state index >= 15 is 0 Å². The molecule has 4 heteroatoms. The number of anilines is 1. The normalized spacial score (nSPS) is 10.2. The van der Waals surface area contributed by atoms with Gasteiger partial charge < -0.3 is 10.0 Å². The highest BCUT2D eigenvalue weighted by Gasteiger charge is 2.15. The van der Waals surface area contributed by atoms with Gasteiger partial charge in [-0.1, -0.05) is 6.07 Å². The molecule has 0 atom stereocenters. The fourth-order valence-corrected chi connectivity index (χ4v) is 1.85. The molecular weight excluding hydrogens is 228 g/mol. The summed E-state index contributed by atoms with van der Waals surface area (Å²) in [6, 6.07) is 7.90. The van der Waals surface area contributed by atoms with E-state index in [1.54, 1.807) is 6.07 Å². The third-order valence-electron chi connectivity index (χ3n) is 2.77. The molecule has 0 aromatic heterocycles.